The molecule has 0 spiro atoms. The van der Waals surface area contributed by atoms with Crippen LogP contribution in [-0.4, -0.2) is 48.9 Å². The summed E-state index contributed by atoms with van der Waals surface area (Å²) in [5.41, 5.74) is -0.747. The number of sulfone groups is 1. The van der Waals surface area contributed by atoms with Crippen molar-refractivity contribution in [3.8, 4) is 5.75 Å². The average Bonchev–Trinajstić information content (AvgIpc) is 3.17. The Bertz CT molecular complexity index is 1170. The van der Waals surface area contributed by atoms with Crippen LogP contribution >= 0.6 is 23.4 Å². The number of amides is 1. The summed E-state index contributed by atoms with van der Waals surface area (Å²) >= 11 is 6.88. The molecular formula is C20H16ClF3N2O4S2. The summed E-state index contributed by atoms with van der Waals surface area (Å²) in [6.45, 7) is -0.393. The van der Waals surface area contributed by atoms with Crippen LogP contribution in [0.3, 0.4) is 0 Å². The number of halogens is 4. The van der Waals surface area contributed by atoms with Gasteiger partial charge in [0.15, 0.2) is 21.6 Å². The lowest BCUT2D eigenvalue weighted by Gasteiger charge is -2.25. The number of ether oxygens (including phenoxy) is 1. The van der Waals surface area contributed by atoms with Crippen LogP contribution in [0.1, 0.15) is 5.56 Å². The molecule has 2 atom stereocenters. The zero-order chi connectivity index (χ0) is 23.1. The highest BCUT2D eigenvalue weighted by atomic mass is 35.5. The van der Waals surface area contributed by atoms with Gasteiger partial charge in [-0.3, -0.25) is 4.79 Å². The first kappa shape index (κ1) is 22.9. The standard InChI is InChI=1S/C20H16ClF3N2O4S2/c21-13-4-6-15(7-5-13)30-9-18(27)25-19-26(16-10-32(28,29)11-17(16)31-19)14-3-1-2-12(8-14)20(22,23)24/h1-8,16-17H,9-11H2/t16-,17+/m0/s1. The topological polar surface area (TPSA) is 76.0 Å². The van der Waals surface area contributed by atoms with Gasteiger partial charge in [-0.2, -0.15) is 18.2 Å². The summed E-state index contributed by atoms with van der Waals surface area (Å²) in [5.74, 6) is -0.608. The number of fused-ring (bicyclic) bond motifs is 1. The Morgan fingerprint density at radius 2 is 1.91 bits per heavy atom. The SMILES string of the molecule is O=C(COc1ccc(Cl)cc1)N=C1S[C@@H]2CS(=O)(=O)C[C@@H]2N1c1cccc(C(F)(F)F)c1. The van der Waals surface area contributed by atoms with E-state index in [2.05, 4.69) is 4.99 Å². The normalized spacial score (nSPS) is 23.4. The first-order valence-corrected chi connectivity index (χ1v) is 12.4. The smallest absolute Gasteiger partial charge is 0.416 e. The number of carbonyl (C=O) groups excluding carboxylic acids is 1. The second-order valence-electron chi connectivity index (χ2n) is 7.25. The largest absolute Gasteiger partial charge is 0.484 e. The van der Waals surface area contributed by atoms with E-state index in [9.17, 15) is 26.4 Å². The first-order valence-electron chi connectivity index (χ1n) is 9.35. The number of aliphatic imine (C=N–C) groups is 1. The van der Waals surface area contributed by atoms with E-state index in [1.165, 1.54) is 17.0 Å². The van der Waals surface area contributed by atoms with E-state index in [-0.39, 0.29) is 22.4 Å². The molecule has 2 aromatic rings. The van der Waals surface area contributed by atoms with Crippen molar-refractivity contribution in [2.45, 2.75) is 17.5 Å². The highest BCUT2D eigenvalue weighted by Crippen LogP contribution is 2.42. The fourth-order valence-corrected chi connectivity index (χ4v) is 7.57. The third kappa shape index (κ3) is 5.05. The fourth-order valence-electron chi connectivity index (χ4n) is 3.51. The highest BCUT2D eigenvalue weighted by molar-refractivity contribution is 8.16. The Kier molecular flexibility index (Phi) is 6.17. The molecule has 1 amide bonds. The molecular weight excluding hydrogens is 489 g/mol. The average molecular weight is 505 g/mol. The number of anilines is 1. The van der Waals surface area contributed by atoms with Crippen molar-refractivity contribution in [2.75, 3.05) is 23.0 Å². The summed E-state index contributed by atoms with van der Waals surface area (Å²) in [4.78, 5) is 17.9. The van der Waals surface area contributed by atoms with Crippen molar-refractivity contribution in [1.29, 1.82) is 0 Å². The van der Waals surface area contributed by atoms with E-state index in [0.29, 0.717) is 10.8 Å². The van der Waals surface area contributed by atoms with Crippen molar-refractivity contribution in [3.63, 3.8) is 0 Å². The maximum atomic E-state index is 13.2. The van der Waals surface area contributed by atoms with E-state index in [1.54, 1.807) is 24.3 Å². The number of hydrogen-bond donors (Lipinski definition) is 0. The highest BCUT2D eigenvalue weighted by Gasteiger charge is 2.49. The number of hydrogen-bond acceptors (Lipinski definition) is 5. The quantitative estimate of drug-likeness (QED) is 0.625. The molecule has 0 aromatic heterocycles. The van der Waals surface area contributed by atoms with Gasteiger partial charge in [0.2, 0.25) is 0 Å². The predicted octanol–water partition coefficient (Wildman–Crippen LogP) is 4.04. The van der Waals surface area contributed by atoms with E-state index < -0.39 is 45.4 Å². The van der Waals surface area contributed by atoms with Crippen LogP contribution in [0.2, 0.25) is 5.02 Å². The van der Waals surface area contributed by atoms with Crippen LogP contribution in [0.15, 0.2) is 53.5 Å². The number of alkyl halides is 3. The van der Waals surface area contributed by atoms with Gasteiger partial charge in [-0.1, -0.05) is 29.4 Å². The number of thioether (sulfide) groups is 1. The number of carbonyl (C=O) groups is 1. The van der Waals surface area contributed by atoms with Gasteiger partial charge in [-0.05, 0) is 42.5 Å². The van der Waals surface area contributed by atoms with Gasteiger partial charge < -0.3 is 9.64 Å². The van der Waals surface area contributed by atoms with Crippen LogP contribution in [0.5, 0.6) is 5.75 Å². The van der Waals surface area contributed by atoms with Gasteiger partial charge in [0.05, 0.1) is 23.1 Å². The van der Waals surface area contributed by atoms with Crippen molar-refractivity contribution < 1.29 is 31.1 Å². The van der Waals surface area contributed by atoms with Gasteiger partial charge in [-0.15, -0.1) is 0 Å². The molecule has 0 N–H and O–H groups in total. The van der Waals surface area contributed by atoms with Crippen molar-refractivity contribution in [2.24, 2.45) is 4.99 Å². The molecule has 4 rings (SSSR count). The Morgan fingerprint density at radius 1 is 1.19 bits per heavy atom. The Labute approximate surface area is 191 Å². The van der Waals surface area contributed by atoms with E-state index in [1.807, 2.05) is 0 Å². The molecule has 6 nitrogen and oxygen atoms in total. The van der Waals surface area contributed by atoms with Gasteiger partial charge in [0.1, 0.15) is 5.75 Å². The molecule has 0 aliphatic carbocycles. The van der Waals surface area contributed by atoms with Crippen LogP contribution < -0.4 is 9.64 Å². The minimum absolute atomic E-state index is 0.127. The third-order valence-electron chi connectivity index (χ3n) is 4.91. The van der Waals surface area contributed by atoms with Gasteiger partial charge in [-0.25, -0.2) is 8.42 Å². The molecule has 2 aliphatic heterocycles. The molecule has 170 valence electrons. The predicted molar refractivity (Wildman–Crippen MR) is 117 cm³/mol. The van der Waals surface area contributed by atoms with Crippen LogP contribution in [0.4, 0.5) is 18.9 Å². The fraction of sp³-hybridized carbons (Fsp3) is 0.300. The van der Waals surface area contributed by atoms with E-state index >= 15 is 0 Å². The molecule has 0 saturated carbocycles. The molecule has 0 unspecified atom stereocenters. The maximum absolute atomic E-state index is 13.2. The summed E-state index contributed by atoms with van der Waals surface area (Å²) in [5, 5.41) is 0.224. The molecule has 12 heteroatoms. The number of nitrogens with zero attached hydrogens (tertiary/aromatic N) is 2. The Morgan fingerprint density at radius 3 is 2.59 bits per heavy atom. The molecule has 32 heavy (non-hydrogen) atoms. The van der Waals surface area contributed by atoms with Crippen LogP contribution in [0, 0.1) is 0 Å². The summed E-state index contributed by atoms with van der Waals surface area (Å²) in [6.07, 6.45) is -4.57. The lowest BCUT2D eigenvalue weighted by Crippen LogP contribution is -2.38. The monoisotopic (exact) mass is 504 g/mol. The van der Waals surface area contributed by atoms with Gasteiger partial charge >= 0.3 is 6.18 Å². The number of amidine groups is 1. The first-order chi connectivity index (χ1) is 15.0. The van der Waals surface area contributed by atoms with Gasteiger partial charge in [0.25, 0.3) is 5.91 Å². The maximum Gasteiger partial charge on any atom is 0.416 e. The minimum Gasteiger partial charge on any atom is -0.484 e. The minimum atomic E-state index is -4.57. The molecule has 2 fully saturated rings. The summed E-state index contributed by atoms with van der Waals surface area (Å²) in [6, 6.07) is 10.3. The third-order valence-corrected chi connectivity index (χ3v) is 8.38. The summed E-state index contributed by atoms with van der Waals surface area (Å²) < 4.78 is 69.2. The van der Waals surface area contributed by atoms with Crippen molar-refractivity contribution in [3.05, 3.63) is 59.1 Å². The summed E-state index contributed by atoms with van der Waals surface area (Å²) in [7, 11) is -3.35. The van der Waals surface area contributed by atoms with Crippen molar-refractivity contribution >= 4 is 50.0 Å². The molecule has 2 saturated heterocycles. The number of rotatable bonds is 4. The molecule has 0 bridgehead atoms. The Balaban J connectivity index is 1.60. The number of benzene rings is 2. The molecule has 2 aromatic carbocycles. The van der Waals surface area contributed by atoms with Crippen LogP contribution in [0.25, 0.3) is 0 Å². The van der Waals surface area contributed by atoms with Crippen molar-refractivity contribution in [1.82, 2.24) is 0 Å². The molecule has 2 aliphatic rings. The lowest BCUT2D eigenvalue weighted by atomic mass is 10.1. The zero-order valence-electron chi connectivity index (χ0n) is 16.3. The molecule has 0 radical (unpaired) electrons. The van der Waals surface area contributed by atoms with E-state index in [0.717, 1.165) is 23.9 Å². The van der Waals surface area contributed by atoms with E-state index in [4.69, 9.17) is 16.3 Å². The van der Waals surface area contributed by atoms with Crippen LogP contribution in [-0.2, 0) is 20.8 Å². The zero-order valence-corrected chi connectivity index (χ0v) is 18.6. The second-order valence-corrected chi connectivity index (χ2v) is 11.0. The second kappa shape index (κ2) is 8.60. The lowest BCUT2D eigenvalue weighted by molar-refractivity contribution is -0.137. The Hall–Kier alpha value is -2.24. The molecule has 2 heterocycles. The van der Waals surface area contributed by atoms with Gasteiger partial charge in [0, 0.05) is 16.0 Å².